The molecule has 2 aromatic carbocycles. The average molecular weight is 439 g/mol. The van der Waals surface area contributed by atoms with Crippen LogP contribution >= 0.6 is 0 Å². The largest absolute Gasteiger partial charge is 0.346 e. The number of fused-ring (bicyclic) bond motifs is 1. The first-order valence-corrected chi connectivity index (χ1v) is 11.6. The van der Waals surface area contributed by atoms with Gasteiger partial charge in [0, 0.05) is 35.2 Å². The highest BCUT2D eigenvalue weighted by Crippen LogP contribution is 2.22. The van der Waals surface area contributed by atoms with Crippen LogP contribution in [-0.2, 0) is 16.6 Å². The van der Waals surface area contributed by atoms with E-state index in [0.717, 1.165) is 22.0 Å². The molecule has 0 saturated carbocycles. The van der Waals surface area contributed by atoms with Gasteiger partial charge in [-0.05, 0) is 55.7 Å². The molecule has 7 nitrogen and oxygen atoms in total. The van der Waals surface area contributed by atoms with Crippen LogP contribution in [0, 0.1) is 25.2 Å². The molecular formula is C23H26N4O3S. The van der Waals surface area contributed by atoms with E-state index in [1.165, 1.54) is 0 Å². The SMILES string of the molecule is CC[C@@H](Cn1ccc2cc(C(=O)NCC#N)ccc21)NS(=O)(=O)c1c(C)cccc1C. The first-order valence-electron chi connectivity index (χ1n) is 10.1. The lowest BCUT2D eigenvalue weighted by molar-refractivity contribution is 0.0958. The second kappa shape index (κ2) is 9.33. The Kier molecular flexibility index (Phi) is 6.78. The maximum Gasteiger partial charge on any atom is 0.252 e. The van der Waals surface area contributed by atoms with Crippen molar-refractivity contribution < 1.29 is 13.2 Å². The summed E-state index contributed by atoms with van der Waals surface area (Å²) < 4.78 is 30.9. The molecule has 0 aliphatic heterocycles. The molecule has 1 atom stereocenters. The minimum Gasteiger partial charge on any atom is -0.346 e. The van der Waals surface area contributed by atoms with Crippen LogP contribution in [0.3, 0.4) is 0 Å². The number of amides is 1. The molecule has 0 unspecified atom stereocenters. The highest BCUT2D eigenvalue weighted by atomic mass is 32.2. The van der Waals surface area contributed by atoms with E-state index in [1.54, 1.807) is 38.1 Å². The molecule has 1 amide bonds. The standard InChI is InChI=1S/C23H26N4O3S/c1-4-20(26-31(29,30)22-16(2)6-5-7-17(22)3)15-27-13-10-18-14-19(8-9-21(18)27)23(28)25-12-11-24/h5-10,13-14,20,26H,4,12,15H2,1-3H3,(H,25,28)/t20-/m0/s1. The van der Waals surface area contributed by atoms with Crippen LogP contribution in [0.5, 0.6) is 0 Å². The van der Waals surface area contributed by atoms with Gasteiger partial charge < -0.3 is 9.88 Å². The summed E-state index contributed by atoms with van der Waals surface area (Å²) in [6.07, 6.45) is 2.51. The van der Waals surface area contributed by atoms with Crippen LogP contribution < -0.4 is 10.0 Å². The van der Waals surface area contributed by atoms with Gasteiger partial charge >= 0.3 is 0 Å². The number of carbonyl (C=O) groups excluding carboxylic acids is 1. The van der Waals surface area contributed by atoms with Gasteiger partial charge in [-0.1, -0.05) is 25.1 Å². The average Bonchev–Trinajstić information content (AvgIpc) is 3.12. The summed E-state index contributed by atoms with van der Waals surface area (Å²) in [6, 6.07) is 14.2. The lowest BCUT2D eigenvalue weighted by Gasteiger charge is -2.20. The van der Waals surface area contributed by atoms with Gasteiger partial charge in [0.2, 0.25) is 10.0 Å². The van der Waals surface area contributed by atoms with Crippen molar-refractivity contribution in [2.75, 3.05) is 6.54 Å². The van der Waals surface area contributed by atoms with Crippen LogP contribution in [0.4, 0.5) is 0 Å². The van der Waals surface area contributed by atoms with Crippen molar-refractivity contribution in [1.82, 2.24) is 14.6 Å². The molecule has 162 valence electrons. The summed E-state index contributed by atoms with van der Waals surface area (Å²) >= 11 is 0. The maximum absolute atomic E-state index is 13.1. The van der Waals surface area contributed by atoms with Crippen molar-refractivity contribution in [2.24, 2.45) is 0 Å². The third-order valence-corrected chi connectivity index (χ3v) is 7.10. The van der Waals surface area contributed by atoms with E-state index in [4.69, 9.17) is 5.26 Å². The summed E-state index contributed by atoms with van der Waals surface area (Å²) in [6.45, 7) is 5.96. The number of hydrogen-bond acceptors (Lipinski definition) is 4. The van der Waals surface area contributed by atoms with E-state index >= 15 is 0 Å². The third-order valence-electron chi connectivity index (χ3n) is 5.27. The van der Waals surface area contributed by atoms with Crippen molar-refractivity contribution >= 4 is 26.8 Å². The summed E-state index contributed by atoms with van der Waals surface area (Å²) in [7, 11) is -3.66. The second-order valence-corrected chi connectivity index (χ2v) is 9.18. The van der Waals surface area contributed by atoms with Crippen LogP contribution in [0.1, 0.15) is 34.8 Å². The Bertz CT molecular complexity index is 1240. The van der Waals surface area contributed by atoms with Crippen molar-refractivity contribution in [3.63, 3.8) is 0 Å². The molecule has 0 spiro atoms. The zero-order valence-electron chi connectivity index (χ0n) is 17.8. The highest BCUT2D eigenvalue weighted by Gasteiger charge is 2.23. The van der Waals surface area contributed by atoms with E-state index in [1.807, 2.05) is 42.0 Å². The molecule has 3 rings (SSSR count). The van der Waals surface area contributed by atoms with Crippen molar-refractivity contribution in [3.05, 3.63) is 65.4 Å². The number of sulfonamides is 1. The van der Waals surface area contributed by atoms with Gasteiger partial charge in [-0.2, -0.15) is 5.26 Å². The third kappa shape index (κ3) is 4.95. The van der Waals surface area contributed by atoms with E-state index in [-0.39, 0.29) is 18.5 Å². The molecule has 0 aliphatic rings. The zero-order chi connectivity index (χ0) is 22.6. The number of carbonyl (C=O) groups is 1. The van der Waals surface area contributed by atoms with Gasteiger partial charge in [-0.25, -0.2) is 13.1 Å². The Balaban J connectivity index is 1.82. The van der Waals surface area contributed by atoms with Gasteiger partial charge in [0.25, 0.3) is 5.91 Å². The summed E-state index contributed by atoms with van der Waals surface area (Å²) in [5.74, 6) is -0.302. The van der Waals surface area contributed by atoms with E-state index in [0.29, 0.717) is 23.4 Å². The first kappa shape index (κ1) is 22.5. The van der Waals surface area contributed by atoms with Gasteiger partial charge in [-0.3, -0.25) is 4.79 Å². The van der Waals surface area contributed by atoms with Crippen molar-refractivity contribution in [3.8, 4) is 6.07 Å². The predicted octanol–water partition coefficient (Wildman–Crippen LogP) is 3.27. The van der Waals surface area contributed by atoms with Crippen LogP contribution in [0.15, 0.2) is 53.6 Å². The fourth-order valence-corrected chi connectivity index (χ4v) is 5.49. The summed E-state index contributed by atoms with van der Waals surface area (Å²) in [5.41, 5.74) is 2.82. The lowest BCUT2D eigenvalue weighted by Crippen LogP contribution is -2.38. The number of nitrogens with zero attached hydrogens (tertiary/aromatic N) is 2. The Labute approximate surface area is 182 Å². The maximum atomic E-state index is 13.1. The van der Waals surface area contributed by atoms with E-state index in [9.17, 15) is 13.2 Å². The van der Waals surface area contributed by atoms with E-state index in [2.05, 4.69) is 10.0 Å². The predicted molar refractivity (Wildman–Crippen MR) is 120 cm³/mol. The number of nitriles is 1. The number of hydrogen-bond donors (Lipinski definition) is 2. The molecule has 31 heavy (non-hydrogen) atoms. The van der Waals surface area contributed by atoms with Gasteiger partial charge in [-0.15, -0.1) is 0 Å². The Morgan fingerprint density at radius 1 is 1.16 bits per heavy atom. The molecule has 1 aromatic heterocycles. The summed E-state index contributed by atoms with van der Waals surface area (Å²) in [5, 5.41) is 12.0. The first-order chi connectivity index (χ1) is 14.8. The number of rotatable bonds is 8. The molecule has 2 N–H and O–H groups in total. The fourth-order valence-electron chi connectivity index (χ4n) is 3.71. The van der Waals surface area contributed by atoms with Crippen molar-refractivity contribution in [1.29, 1.82) is 5.26 Å². The quantitative estimate of drug-likeness (QED) is 0.527. The topological polar surface area (TPSA) is 104 Å². The van der Waals surface area contributed by atoms with Gasteiger partial charge in [0.05, 0.1) is 11.0 Å². The molecule has 0 fully saturated rings. The minimum atomic E-state index is -3.66. The molecule has 0 aliphatic carbocycles. The molecule has 0 saturated heterocycles. The Hall–Kier alpha value is -3.15. The monoisotopic (exact) mass is 438 g/mol. The minimum absolute atomic E-state index is 0.0451. The lowest BCUT2D eigenvalue weighted by atomic mass is 10.1. The molecule has 0 bridgehead atoms. The van der Waals surface area contributed by atoms with Gasteiger partial charge in [0.1, 0.15) is 6.54 Å². The normalized spacial score (nSPS) is 12.5. The smallest absolute Gasteiger partial charge is 0.252 e. The van der Waals surface area contributed by atoms with Crippen LogP contribution in [0.2, 0.25) is 0 Å². The van der Waals surface area contributed by atoms with Crippen LogP contribution in [0.25, 0.3) is 10.9 Å². The Morgan fingerprint density at radius 3 is 2.52 bits per heavy atom. The Morgan fingerprint density at radius 2 is 1.87 bits per heavy atom. The van der Waals surface area contributed by atoms with Gasteiger partial charge in [0.15, 0.2) is 0 Å². The summed E-state index contributed by atoms with van der Waals surface area (Å²) in [4.78, 5) is 12.4. The van der Waals surface area contributed by atoms with E-state index < -0.39 is 10.0 Å². The highest BCUT2D eigenvalue weighted by molar-refractivity contribution is 7.89. The van der Waals surface area contributed by atoms with Crippen molar-refractivity contribution in [2.45, 2.75) is 44.7 Å². The molecule has 3 aromatic rings. The molecule has 8 heteroatoms. The van der Waals surface area contributed by atoms with Crippen LogP contribution in [-0.4, -0.2) is 31.5 Å². The number of nitrogens with one attached hydrogen (secondary N) is 2. The number of aryl methyl sites for hydroxylation is 2. The second-order valence-electron chi connectivity index (χ2n) is 7.53. The molecule has 1 heterocycles. The fraction of sp³-hybridized carbons (Fsp3) is 0.304. The molecule has 0 radical (unpaired) electrons. The zero-order valence-corrected chi connectivity index (χ0v) is 18.7. The molecular weight excluding hydrogens is 412 g/mol. The number of benzene rings is 2. The number of aromatic nitrogens is 1.